The van der Waals surface area contributed by atoms with E-state index in [0.29, 0.717) is 5.75 Å². The number of thioether (sulfide) groups is 1. The molecule has 3 N–H and O–H groups in total. The number of Topliss-reactive ketones (excluding diaryl/α,β-unsaturated/α-hetero) is 1. The average molecular weight is 408 g/mol. The Morgan fingerprint density at radius 3 is 2.70 bits per heavy atom. The Kier molecular flexibility index (Phi) is 4.99. The molecule has 2 saturated heterocycles. The first kappa shape index (κ1) is 17.7. The minimum Gasteiger partial charge on any atom is -0.481 e. The second-order valence-corrected chi connectivity index (χ2v) is 7.16. The largest absolute Gasteiger partial charge is 0.481 e. The Bertz CT molecular complexity index is 612. The maximum Gasteiger partial charge on any atom is 0.312 e. The molecule has 0 aliphatic carbocycles. The number of hydrogen-bond donors (Lipinski definition) is 3. The molecule has 126 valence electrons. The van der Waals surface area contributed by atoms with Crippen molar-refractivity contribution in [2.75, 3.05) is 17.6 Å². The van der Waals surface area contributed by atoms with Crippen molar-refractivity contribution in [2.24, 2.45) is 10.6 Å². The number of amides is 2. The van der Waals surface area contributed by atoms with Crippen LogP contribution in [0.1, 0.15) is 6.92 Å². The Morgan fingerprint density at radius 1 is 1.52 bits per heavy atom. The lowest BCUT2D eigenvalue weighted by molar-refractivity contribution is -0.157. The van der Waals surface area contributed by atoms with Crippen molar-refractivity contribution >= 4 is 57.0 Å². The van der Waals surface area contributed by atoms with E-state index in [9.17, 15) is 24.3 Å². The molecule has 0 aromatic heterocycles. The molecule has 0 bridgehead atoms. The lowest BCUT2D eigenvalue weighted by Crippen LogP contribution is -2.73. The highest BCUT2D eigenvalue weighted by Gasteiger charge is 2.56. The highest BCUT2D eigenvalue weighted by atomic mass is 79.9. The quantitative estimate of drug-likeness (QED) is 0.136. The fourth-order valence-electron chi connectivity index (χ4n) is 2.33. The molecular weight excluding hydrogens is 394 g/mol. The SMILES string of the molecule is CC1(C(=O)O)CS[C@@H]2C(NC(=O)C(=NO)C(=O)CBr)C(=O)N2C1. The zero-order valence-corrected chi connectivity index (χ0v) is 14.4. The van der Waals surface area contributed by atoms with Crippen LogP contribution in [0.4, 0.5) is 0 Å². The number of ketones is 1. The summed E-state index contributed by atoms with van der Waals surface area (Å²) >= 11 is 4.11. The third-order valence-electron chi connectivity index (χ3n) is 3.74. The van der Waals surface area contributed by atoms with Crippen molar-refractivity contribution in [3.63, 3.8) is 0 Å². The smallest absolute Gasteiger partial charge is 0.312 e. The van der Waals surface area contributed by atoms with Crippen molar-refractivity contribution < 1.29 is 29.5 Å². The fourth-order valence-corrected chi connectivity index (χ4v) is 4.09. The molecule has 2 unspecified atom stereocenters. The molecule has 0 spiro atoms. The number of carboxylic acid groups (broad SMARTS) is 1. The first-order valence-electron chi connectivity index (χ1n) is 6.52. The first-order valence-corrected chi connectivity index (χ1v) is 8.69. The van der Waals surface area contributed by atoms with Gasteiger partial charge in [-0.05, 0) is 6.92 Å². The number of alkyl halides is 1. The zero-order chi connectivity index (χ0) is 17.4. The first-order chi connectivity index (χ1) is 10.7. The van der Waals surface area contributed by atoms with Gasteiger partial charge < -0.3 is 20.5 Å². The number of carbonyl (C=O) groups excluding carboxylic acids is 3. The average Bonchev–Trinajstić information content (AvgIpc) is 2.52. The molecule has 23 heavy (non-hydrogen) atoms. The number of β-lactam (4-membered cyclic amide) rings is 1. The number of carboxylic acids is 1. The standard InChI is InChI=1S/C12H14BrN3O6S/c1-12(11(20)21)3-16-9(19)7(10(16)23-4-12)14-8(18)6(15-22)5(17)2-13/h7,10,22H,2-4H2,1H3,(H,14,18)(H,20,21)/t7?,10-,12?/m1/s1. The van der Waals surface area contributed by atoms with Crippen LogP contribution >= 0.6 is 27.7 Å². The predicted octanol–water partition coefficient (Wildman–Crippen LogP) is -0.729. The fraction of sp³-hybridized carbons (Fsp3) is 0.583. The van der Waals surface area contributed by atoms with Crippen molar-refractivity contribution in [1.82, 2.24) is 10.2 Å². The Hall–Kier alpha value is -1.62. The molecule has 2 rings (SSSR count). The van der Waals surface area contributed by atoms with Gasteiger partial charge in [-0.3, -0.25) is 19.2 Å². The molecule has 11 heteroatoms. The summed E-state index contributed by atoms with van der Waals surface area (Å²) in [4.78, 5) is 48.1. The van der Waals surface area contributed by atoms with Crippen LogP contribution in [0.5, 0.6) is 0 Å². The molecule has 2 amide bonds. The van der Waals surface area contributed by atoms with Gasteiger partial charge in [0.05, 0.1) is 10.7 Å². The Balaban J connectivity index is 2.03. The van der Waals surface area contributed by atoms with E-state index in [4.69, 9.17) is 5.21 Å². The van der Waals surface area contributed by atoms with Crippen LogP contribution in [0, 0.1) is 5.41 Å². The van der Waals surface area contributed by atoms with Crippen LogP contribution in [0.2, 0.25) is 0 Å². The number of nitrogens with zero attached hydrogens (tertiary/aromatic N) is 2. The number of oxime groups is 1. The molecule has 2 fully saturated rings. The number of nitrogens with one attached hydrogen (secondary N) is 1. The number of halogens is 1. The van der Waals surface area contributed by atoms with Gasteiger partial charge in [-0.1, -0.05) is 21.1 Å². The second kappa shape index (κ2) is 6.48. The second-order valence-electron chi connectivity index (χ2n) is 5.49. The molecule has 0 aromatic rings. The van der Waals surface area contributed by atoms with Gasteiger partial charge in [0.25, 0.3) is 5.91 Å². The van der Waals surface area contributed by atoms with E-state index in [1.54, 1.807) is 6.92 Å². The monoisotopic (exact) mass is 407 g/mol. The molecule has 0 radical (unpaired) electrons. The molecule has 9 nitrogen and oxygen atoms in total. The summed E-state index contributed by atoms with van der Waals surface area (Å²) in [6, 6.07) is -0.870. The number of fused-ring (bicyclic) bond motifs is 1. The Labute approximate surface area is 143 Å². The maximum atomic E-state index is 12.1. The van der Waals surface area contributed by atoms with Gasteiger partial charge in [-0.15, -0.1) is 11.8 Å². The summed E-state index contributed by atoms with van der Waals surface area (Å²) in [7, 11) is 0. The van der Waals surface area contributed by atoms with Crippen molar-refractivity contribution in [2.45, 2.75) is 18.3 Å². The van der Waals surface area contributed by atoms with Crippen LogP contribution < -0.4 is 5.32 Å². The maximum absolute atomic E-state index is 12.1. The summed E-state index contributed by atoms with van der Waals surface area (Å²) in [6.07, 6.45) is 0. The third kappa shape index (κ3) is 3.07. The summed E-state index contributed by atoms with van der Waals surface area (Å²) in [5.41, 5.74) is -1.72. The molecule has 0 saturated carbocycles. The van der Waals surface area contributed by atoms with Gasteiger partial charge in [-0.25, -0.2) is 0 Å². The number of hydrogen-bond acceptors (Lipinski definition) is 7. The predicted molar refractivity (Wildman–Crippen MR) is 83.7 cm³/mol. The van der Waals surface area contributed by atoms with Crippen LogP contribution in [0.15, 0.2) is 5.16 Å². The van der Waals surface area contributed by atoms with E-state index in [-0.39, 0.29) is 11.9 Å². The van der Waals surface area contributed by atoms with Gasteiger partial charge in [0.1, 0.15) is 11.4 Å². The van der Waals surface area contributed by atoms with E-state index in [1.807, 2.05) is 0 Å². The minimum absolute atomic E-state index is 0.0620. The van der Waals surface area contributed by atoms with Crippen molar-refractivity contribution in [3.8, 4) is 0 Å². The van der Waals surface area contributed by atoms with E-state index in [1.165, 1.54) is 16.7 Å². The molecule has 0 aromatic carbocycles. The Morgan fingerprint density at radius 2 is 2.17 bits per heavy atom. The number of aliphatic carboxylic acids is 1. The van der Waals surface area contributed by atoms with E-state index >= 15 is 0 Å². The topological polar surface area (TPSA) is 136 Å². The van der Waals surface area contributed by atoms with Gasteiger partial charge in [-0.2, -0.15) is 0 Å². The summed E-state index contributed by atoms with van der Waals surface area (Å²) < 4.78 is 0. The van der Waals surface area contributed by atoms with Gasteiger partial charge in [0.2, 0.25) is 17.4 Å². The lowest BCUT2D eigenvalue weighted by Gasteiger charge is -2.53. The number of carbonyl (C=O) groups is 4. The molecule has 3 atom stereocenters. The third-order valence-corrected chi connectivity index (χ3v) is 5.92. The van der Waals surface area contributed by atoms with Gasteiger partial charge in [0, 0.05) is 12.3 Å². The summed E-state index contributed by atoms with van der Waals surface area (Å²) in [6.45, 7) is 1.62. The normalized spacial score (nSPS) is 30.3. The van der Waals surface area contributed by atoms with Gasteiger partial charge in [0.15, 0.2) is 0 Å². The lowest BCUT2D eigenvalue weighted by atomic mass is 9.89. The minimum atomic E-state index is -1.03. The van der Waals surface area contributed by atoms with Crippen LogP contribution in [-0.4, -0.2) is 73.5 Å². The van der Waals surface area contributed by atoms with Gasteiger partial charge >= 0.3 is 5.97 Å². The zero-order valence-electron chi connectivity index (χ0n) is 12.0. The highest BCUT2D eigenvalue weighted by molar-refractivity contribution is 9.09. The van der Waals surface area contributed by atoms with Crippen LogP contribution in [0.3, 0.4) is 0 Å². The summed E-state index contributed by atoms with van der Waals surface area (Å²) in [5.74, 6) is -2.77. The highest BCUT2D eigenvalue weighted by Crippen LogP contribution is 2.41. The van der Waals surface area contributed by atoms with Crippen molar-refractivity contribution in [1.29, 1.82) is 0 Å². The molecule has 2 heterocycles. The van der Waals surface area contributed by atoms with Crippen LogP contribution in [0.25, 0.3) is 0 Å². The molecule has 2 aliphatic rings. The van der Waals surface area contributed by atoms with E-state index in [0.717, 1.165) is 0 Å². The molecule has 2 aliphatic heterocycles. The van der Waals surface area contributed by atoms with Crippen LogP contribution in [-0.2, 0) is 19.2 Å². The van der Waals surface area contributed by atoms with E-state index in [2.05, 4.69) is 26.4 Å². The molecular formula is C12H14BrN3O6S. The van der Waals surface area contributed by atoms with E-state index < -0.39 is 46.1 Å². The number of rotatable bonds is 5. The van der Waals surface area contributed by atoms with Crippen molar-refractivity contribution in [3.05, 3.63) is 0 Å². The summed E-state index contributed by atoms with van der Waals surface area (Å²) in [5, 5.41) is 22.4.